The summed E-state index contributed by atoms with van der Waals surface area (Å²) in [5.74, 6) is -4.83. The lowest BCUT2D eigenvalue weighted by molar-refractivity contribution is -0.139. The number of nitrogens with one attached hydrogen (secondary N) is 6. The van der Waals surface area contributed by atoms with Gasteiger partial charge in [0.2, 0.25) is 33.7 Å². The largest absolute Gasteiger partial charge is 0.348 e. The molecule has 19 nitrogen and oxygen atoms in total. The van der Waals surface area contributed by atoms with Crippen LogP contribution in [0.3, 0.4) is 0 Å². The van der Waals surface area contributed by atoms with Crippen LogP contribution in [-0.2, 0) is 61.5 Å². The van der Waals surface area contributed by atoms with Gasteiger partial charge in [-0.1, -0.05) is 60.7 Å². The summed E-state index contributed by atoms with van der Waals surface area (Å²) in [7, 11) is -4.92. The lowest BCUT2D eigenvalue weighted by atomic mass is 10.0. The Labute approximate surface area is 481 Å². The van der Waals surface area contributed by atoms with Crippen molar-refractivity contribution in [3.05, 3.63) is 132 Å². The average Bonchev–Trinajstić information content (AvgIpc) is 4.34. The number of halogens is 2. The van der Waals surface area contributed by atoms with E-state index >= 15 is 0 Å². The highest BCUT2D eigenvalue weighted by atomic mass is 32.2. The van der Waals surface area contributed by atoms with Gasteiger partial charge in [0.15, 0.2) is 9.84 Å². The van der Waals surface area contributed by atoms with Gasteiger partial charge in [0.05, 0.1) is 27.1 Å². The third-order valence-corrected chi connectivity index (χ3v) is 19.5. The van der Waals surface area contributed by atoms with E-state index in [1.165, 1.54) is 28.6 Å². The van der Waals surface area contributed by atoms with Crippen LogP contribution in [0.15, 0.2) is 119 Å². The van der Waals surface area contributed by atoms with Crippen LogP contribution in [0, 0.1) is 11.6 Å². The number of amides is 6. The van der Waals surface area contributed by atoms with Crippen molar-refractivity contribution in [2.45, 2.75) is 142 Å². The van der Waals surface area contributed by atoms with Crippen LogP contribution in [0.2, 0.25) is 0 Å². The number of carbonyl (C=O) groups excluding carboxylic acids is 6. The number of hydrogen-bond donors (Lipinski definition) is 6. The molecular formula is C59H79F2N9O10S2. The quantitative estimate of drug-likeness (QED) is 0.0246. The van der Waals surface area contributed by atoms with Gasteiger partial charge in [-0.2, -0.15) is 4.31 Å². The molecule has 0 spiro atoms. The molecule has 4 aromatic rings. The highest BCUT2D eigenvalue weighted by Crippen LogP contribution is 2.31. The van der Waals surface area contributed by atoms with Crippen molar-refractivity contribution in [2.75, 3.05) is 53.4 Å². The first kappa shape index (κ1) is 64.5. The van der Waals surface area contributed by atoms with Crippen LogP contribution < -0.4 is 31.9 Å². The molecule has 0 saturated carbocycles. The van der Waals surface area contributed by atoms with E-state index in [0.717, 1.165) is 35.4 Å². The Hall–Kier alpha value is -6.66. The fourth-order valence-corrected chi connectivity index (χ4v) is 13.6. The number of nitrogens with zero attached hydrogens (tertiary/aromatic N) is 3. The highest BCUT2D eigenvalue weighted by Gasteiger charge is 2.40. The molecule has 82 heavy (non-hydrogen) atoms. The first-order valence-corrected chi connectivity index (χ1v) is 31.2. The summed E-state index contributed by atoms with van der Waals surface area (Å²) in [4.78, 5) is 84.7. The van der Waals surface area contributed by atoms with Crippen molar-refractivity contribution in [3.8, 4) is 0 Å². The van der Waals surface area contributed by atoms with Gasteiger partial charge in [0, 0.05) is 51.4 Å². The number of sulfone groups is 1. The average molecular weight is 1180 g/mol. The summed E-state index contributed by atoms with van der Waals surface area (Å²) in [6.07, 6.45) is 3.81. The molecule has 23 heteroatoms. The Morgan fingerprint density at radius 2 is 1.02 bits per heavy atom. The van der Waals surface area contributed by atoms with E-state index in [4.69, 9.17) is 0 Å². The summed E-state index contributed by atoms with van der Waals surface area (Å²) >= 11 is 0. The highest BCUT2D eigenvalue weighted by molar-refractivity contribution is 7.92. The Bertz CT molecular complexity index is 2780. The van der Waals surface area contributed by atoms with E-state index in [1.54, 1.807) is 37.7 Å². The van der Waals surface area contributed by atoms with Crippen molar-refractivity contribution in [3.63, 3.8) is 0 Å². The fraction of sp³-hybridized carbons (Fsp3) is 0.492. The Balaban J connectivity index is 1.05. The topological polar surface area (TPSA) is 253 Å². The standard InChI is InChI=1S/C59H79F2N9O10S2/c1-41(62-3)54(71)66-52(58(75)69-36-13-19-47(69)39-51(28-23-43-15-7-5-8-16-43)81(77,78)49-29-24-45(60)25-30-49)21-11-34-64-56(73)57(74)65-35-12-22-53(67-55(72)42(2)63-4)59(76)70-37-14-20-48(70)40-68(38-33-44-17-9-6-10-18-44)82(79,80)50-31-26-46(61)27-32-50/h5-10,15-18,24-27,29-32,41-42,47-48,51-53,62-63H,11-14,19-23,28,33-40H2,1-4H3,(H,64,73)(H,65,74)(H,66,71)(H,67,72)/t41-,42-,47-,48-,51?,52-,53-/m0/s1. The van der Waals surface area contributed by atoms with Crippen molar-refractivity contribution < 1.29 is 54.4 Å². The molecule has 6 amide bonds. The van der Waals surface area contributed by atoms with Gasteiger partial charge >= 0.3 is 11.8 Å². The fourth-order valence-electron chi connectivity index (χ4n) is 10.3. The van der Waals surface area contributed by atoms with Crippen molar-refractivity contribution in [1.29, 1.82) is 0 Å². The zero-order chi connectivity index (χ0) is 59.4. The minimum atomic E-state index is -4.14. The molecular weight excluding hydrogens is 1100 g/mol. The van der Waals surface area contributed by atoms with Crippen molar-refractivity contribution in [1.82, 2.24) is 46.0 Å². The van der Waals surface area contributed by atoms with E-state index in [9.17, 15) is 54.4 Å². The summed E-state index contributed by atoms with van der Waals surface area (Å²) < 4.78 is 85.7. The second-order valence-electron chi connectivity index (χ2n) is 21.0. The second-order valence-corrected chi connectivity index (χ2v) is 25.2. The molecule has 0 aromatic heterocycles. The predicted molar refractivity (Wildman–Crippen MR) is 307 cm³/mol. The van der Waals surface area contributed by atoms with Crippen LogP contribution in [0.1, 0.15) is 89.2 Å². The van der Waals surface area contributed by atoms with Gasteiger partial charge in [-0.3, -0.25) is 28.8 Å². The first-order chi connectivity index (χ1) is 39.2. The summed E-state index contributed by atoms with van der Waals surface area (Å²) in [6, 6.07) is 23.6. The summed E-state index contributed by atoms with van der Waals surface area (Å²) in [6.45, 7) is 3.81. The molecule has 2 saturated heterocycles. The van der Waals surface area contributed by atoms with Crippen LogP contribution in [0.25, 0.3) is 0 Å². The van der Waals surface area contributed by atoms with E-state index in [0.29, 0.717) is 51.6 Å². The molecule has 6 rings (SSSR count). The summed E-state index contributed by atoms with van der Waals surface area (Å²) in [5.41, 5.74) is 1.85. The van der Waals surface area contributed by atoms with Gasteiger partial charge in [-0.15, -0.1) is 0 Å². The number of aryl methyl sites for hydroxylation is 1. The monoisotopic (exact) mass is 1180 g/mol. The van der Waals surface area contributed by atoms with E-state index in [-0.39, 0.29) is 74.5 Å². The smallest absolute Gasteiger partial charge is 0.309 e. The molecule has 7 atom stereocenters. The number of likely N-dealkylation sites (tertiary alicyclic amines) is 2. The van der Waals surface area contributed by atoms with Gasteiger partial charge < -0.3 is 41.7 Å². The zero-order valence-electron chi connectivity index (χ0n) is 47.2. The maximum atomic E-state index is 14.5. The molecule has 0 radical (unpaired) electrons. The number of sulfonamides is 1. The SMILES string of the molecule is CN[C@@H](C)C(=O)N[C@@H](CCCNC(=O)C(=O)NCCC[C@H](NC(=O)[C@H](C)NC)C(=O)N1CCC[C@H]1CN(CCc1ccccc1)S(=O)(=O)c1ccc(F)cc1)C(=O)N1CCC[C@H]1CC(CCc1ccccc1)S(=O)(=O)c1ccc(F)cc1. The molecule has 2 heterocycles. The van der Waals surface area contributed by atoms with Crippen LogP contribution in [0.4, 0.5) is 8.78 Å². The molecule has 0 bridgehead atoms. The number of benzene rings is 4. The lowest BCUT2D eigenvalue weighted by Gasteiger charge is -2.33. The molecule has 0 aliphatic carbocycles. The molecule has 2 fully saturated rings. The molecule has 2 aliphatic heterocycles. The zero-order valence-corrected chi connectivity index (χ0v) is 48.8. The molecule has 2 aliphatic rings. The lowest BCUT2D eigenvalue weighted by Crippen LogP contribution is -2.55. The maximum Gasteiger partial charge on any atom is 0.309 e. The molecule has 446 valence electrons. The first-order valence-electron chi connectivity index (χ1n) is 28.2. The third-order valence-electron chi connectivity index (χ3n) is 15.4. The van der Waals surface area contributed by atoms with E-state index < -0.39 is 108 Å². The van der Waals surface area contributed by atoms with Crippen LogP contribution in [0.5, 0.6) is 0 Å². The van der Waals surface area contributed by atoms with Crippen molar-refractivity contribution >= 4 is 55.3 Å². The summed E-state index contributed by atoms with van der Waals surface area (Å²) in [5, 5.41) is 15.6. The van der Waals surface area contributed by atoms with E-state index in [2.05, 4.69) is 31.9 Å². The normalized spacial score (nSPS) is 17.4. The molecule has 4 aromatic carbocycles. The van der Waals surface area contributed by atoms with Gasteiger partial charge in [-0.25, -0.2) is 25.6 Å². The van der Waals surface area contributed by atoms with Crippen LogP contribution in [-0.4, -0.2) is 161 Å². The number of rotatable bonds is 30. The number of carbonyl (C=O) groups is 6. The molecule has 6 N–H and O–H groups in total. The third kappa shape index (κ3) is 18.2. The minimum Gasteiger partial charge on any atom is -0.348 e. The van der Waals surface area contributed by atoms with E-state index in [1.807, 2.05) is 60.7 Å². The maximum absolute atomic E-state index is 14.5. The minimum absolute atomic E-state index is 0.0172. The number of likely N-dealkylation sites (N-methyl/N-ethyl adjacent to an activating group) is 2. The van der Waals surface area contributed by atoms with Gasteiger partial charge in [0.25, 0.3) is 0 Å². The number of hydrogen-bond acceptors (Lipinski definition) is 12. The second kappa shape index (κ2) is 31.1. The van der Waals surface area contributed by atoms with Gasteiger partial charge in [0.1, 0.15) is 23.7 Å². The Morgan fingerprint density at radius 3 is 1.50 bits per heavy atom. The predicted octanol–water partition coefficient (Wildman–Crippen LogP) is 4.02. The molecule has 1 unspecified atom stereocenters. The van der Waals surface area contributed by atoms with Gasteiger partial charge in [-0.05, 0) is 165 Å². The van der Waals surface area contributed by atoms with Crippen LogP contribution >= 0.6 is 0 Å². The Kier molecular flexibility index (Phi) is 24.5. The Morgan fingerprint density at radius 1 is 0.585 bits per heavy atom. The van der Waals surface area contributed by atoms with Crippen molar-refractivity contribution in [2.24, 2.45) is 0 Å².